The van der Waals surface area contributed by atoms with Crippen LogP contribution in [0.2, 0.25) is 0 Å². The zero-order valence-corrected chi connectivity index (χ0v) is 18.6. The van der Waals surface area contributed by atoms with Crippen LogP contribution in [-0.4, -0.2) is 61.1 Å². The summed E-state index contributed by atoms with van der Waals surface area (Å²) in [4.78, 5) is 42.0. The van der Waals surface area contributed by atoms with Gasteiger partial charge < -0.3 is 20.3 Å². The predicted octanol–water partition coefficient (Wildman–Crippen LogP) is 2.60. The number of nitrogens with zero attached hydrogens (tertiary/aromatic N) is 2. The van der Waals surface area contributed by atoms with Crippen LogP contribution in [0.4, 0.5) is 16.2 Å². The number of nitrogens with one attached hydrogen (secondary N) is 2. The summed E-state index contributed by atoms with van der Waals surface area (Å²) in [5.41, 5.74) is 0.638. The van der Waals surface area contributed by atoms with Crippen LogP contribution in [0.15, 0.2) is 24.3 Å². The van der Waals surface area contributed by atoms with E-state index in [2.05, 4.69) is 36.3 Å². The van der Waals surface area contributed by atoms with Crippen molar-refractivity contribution in [2.75, 3.05) is 43.1 Å². The molecule has 4 rings (SSSR count). The van der Waals surface area contributed by atoms with Crippen LogP contribution in [0.3, 0.4) is 0 Å². The summed E-state index contributed by atoms with van der Waals surface area (Å²) in [7, 11) is 0. The standard InChI is InChI=1S/C23H32N4O4/c1-16-12-22(2,3)15-23(13-16)20(29)27(21(30)25-23)14-19(28)24-17-6-4-5-7-18(17)26-8-10-31-11-9-26/h4-7,16H,8-15H2,1-3H3,(H,24,28)(H,25,30). The van der Waals surface area contributed by atoms with Gasteiger partial charge in [-0.3, -0.25) is 14.5 Å². The number of hydrogen-bond donors (Lipinski definition) is 2. The minimum atomic E-state index is -0.899. The van der Waals surface area contributed by atoms with Crippen molar-refractivity contribution in [3.8, 4) is 0 Å². The average molecular weight is 429 g/mol. The summed E-state index contributed by atoms with van der Waals surface area (Å²) in [6.45, 7) is 8.85. The van der Waals surface area contributed by atoms with Crippen LogP contribution in [0.5, 0.6) is 0 Å². The molecule has 3 aliphatic rings. The number of anilines is 2. The smallest absolute Gasteiger partial charge is 0.325 e. The first-order chi connectivity index (χ1) is 14.7. The fourth-order valence-electron chi connectivity index (χ4n) is 5.64. The molecule has 2 heterocycles. The van der Waals surface area contributed by atoms with E-state index in [0.717, 1.165) is 30.1 Å². The Bertz CT molecular complexity index is 880. The third-order valence-corrected chi connectivity index (χ3v) is 6.46. The zero-order chi connectivity index (χ0) is 22.2. The molecule has 1 saturated carbocycles. The number of benzene rings is 1. The van der Waals surface area contributed by atoms with E-state index in [4.69, 9.17) is 4.74 Å². The molecule has 2 aliphatic heterocycles. The first kappa shape index (κ1) is 21.6. The molecule has 2 N–H and O–H groups in total. The molecule has 1 aromatic carbocycles. The second-order valence-corrected chi connectivity index (χ2v) is 9.92. The van der Waals surface area contributed by atoms with Crippen LogP contribution in [0.1, 0.15) is 40.0 Å². The lowest BCUT2D eigenvalue weighted by atomic mass is 9.64. The maximum Gasteiger partial charge on any atom is 0.325 e. The van der Waals surface area contributed by atoms with Crippen molar-refractivity contribution in [3.63, 3.8) is 0 Å². The summed E-state index contributed by atoms with van der Waals surface area (Å²) in [6, 6.07) is 7.09. The highest BCUT2D eigenvalue weighted by molar-refractivity contribution is 6.10. The number of ether oxygens (including phenoxy) is 1. The molecule has 0 aromatic heterocycles. The van der Waals surface area contributed by atoms with Gasteiger partial charge in [-0.25, -0.2) is 4.79 Å². The minimum absolute atomic E-state index is 0.0457. The van der Waals surface area contributed by atoms with Gasteiger partial charge in [-0.2, -0.15) is 0 Å². The molecule has 1 spiro atoms. The van der Waals surface area contributed by atoms with Crippen molar-refractivity contribution in [3.05, 3.63) is 24.3 Å². The largest absolute Gasteiger partial charge is 0.378 e. The molecule has 2 atom stereocenters. The topological polar surface area (TPSA) is 91.0 Å². The number of morpholine rings is 1. The van der Waals surface area contributed by atoms with Crippen molar-refractivity contribution in [1.29, 1.82) is 0 Å². The predicted molar refractivity (Wildman–Crippen MR) is 118 cm³/mol. The van der Waals surface area contributed by atoms with Crippen LogP contribution >= 0.6 is 0 Å². The van der Waals surface area contributed by atoms with Crippen LogP contribution < -0.4 is 15.5 Å². The Morgan fingerprint density at radius 1 is 1.19 bits per heavy atom. The molecule has 31 heavy (non-hydrogen) atoms. The number of amides is 4. The second-order valence-electron chi connectivity index (χ2n) is 9.92. The summed E-state index contributed by atoms with van der Waals surface area (Å²) in [5, 5.41) is 5.82. The number of imide groups is 1. The molecule has 2 unspecified atom stereocenters. The van der Waals surface area contributed by atoms with E-state index in [1.165, 1.54) is 0 Å². The van der Waals surface area contributed by atoms with E-state index in [-0.39, 0.29) is 23.8 Å². The first-order valence-electron chi connectivity index (χ1n) is 11.0. The summed E-state index contributed by atoms with van der Waals surface area (Å²) in [5.74, 6) is -0.347. The zero-order valence-electron chi connectivity index (χ0n) is 18.6. The van der Waals surface area contributed by atoms with E-state index in [0.29, 0.717) is 37.7 Å². The lowest BCUT2D eigenvalue weighted by molar-refractivity contribution is -0.136. The highest BCUT2D eigenvalue weighted by atomic mass is 16.5. The van der Waals surface area contributed by atoms with Crippen LogP contribution in [0.25, 0.3) is 0 Å². The fourth-order valence-corrected chi connectivity index (χ4v) is 5.64. The Hall–Kier alpha value is -2.61. The quantitative estimate of drug-likeness (QED) is 0.720. The average Bonchev–Trinajstić information content (AvgIpc) is 2.90. The molecule has 0 bridgehead atoms. The molecule has 1 aliphatic carbocycles. The Morgan fingerprint density at radius 2 is 1.90 bits per heavy atom. The van der Waals surface area contributed by atoms with Gasteiger partial charge in [0.25, 0.3) is 5.91 Å². The molecular weight excluding hydrogens is 396 g/mol. The third-order valence-electron chi connectivity index (χ3n) is 6.46. The van der Waals surface area contributed by atoms with E-state index in [9.17, 15) is 14.4 Å². The molecule has 0 radical (unpaired) electrons. The van der Waals surface area contributed by atoms with E-state index in [1.807, 2.05) is 24.3 Å². The maximum atomic E-state index is 13.3. The Kier molecular flexibility index (Phi) is 5.68. The molecule has 2 saturated heterocycles. The van der Waals surface area contributed by atoms with Crippen LogP contribution in [0, 0.1) is 11.3 Å². The van der Waals surface area contributed by atoms with Crippen molar-refractivity contribution in [2.24, 2.45) is 11.3 Å². The maximum absolute atomic E-state index is 13.3. The third kappa shape index (κ3) is 4.39. The Balaban J connectivity index is 1.46. The van der Waals surface area contributed by atoms with Gasteiger partial charge in [0, 0.05) is 13.1 Å². The van der Waals surface area contributed by atoms with Gasteiger partial charge in [-0.15, -0.1) is 0 Å². The van der Waals surface area contributed by atoms with E-state index in [1.54, 1.807) is 0 Å². The molecule has 8 heteroatoms. The van der Waals surface area contributed by atoms with Gasteiger partial charge in [-0.1, -0.05) is 32.9 Å². The monoisotopic (exact) mass is 428 g/mol. The molecule has 168 valence electrons. The van der Waals surface area contributed by atoms with Crippen molar-refractivity contribution >= 4 is 29.2 Å². The molecular formula is C23H32N4O4. The number of rotatable bonds is 4. The van der Waals surface area contributed by atoms with E-state index >= 15 is 0 Å². The molecule has 4 amide bonds. The van der Waals surface area contributed by atoms with Gasteiger partial charge >= 0.3 is 6.03 Å². The number of carbonyl (C=O) groups excluding carboxylic acids is 3. The number of carbonyl (C=O) groups is 3. The second kappa shape index (κ2) is 8.15. The number of hydrogen-bond acceptors (Lipinski definition) is 5. The normalized spacial score (nSPS) is 28.0. The lowest BCUT2D eigenvalue weighted by Crippen LogP contribution is -2.54. The van der Waals surface area contributed by atoms with Gasteiger partial charge in [0.15, 0.2) is 0 Å². The number of para-hydroxylation sites is 2. The lowest BCUT2D eigenvalue weighted by Gasteiger charge is -2.43. The van der Waals surface area contributed by atoms with Gasteiger partial charge in [0.2, 0.25) is 5.91 Å². The SMILES string of the molecule is CC1CC(C)(C)CC2(C1)NC(=O)N(CC(=O)Nc1ccccc1N1CCOCC1)C2=O. The molecule has 3 fully saturated rings. The van der Waals surface area contributed by atoms with Crippen molar-refractivity contribution in [2.45, 2.75) is 45.6 Å². The van der Waals surface area contributed by atoms with Crippen LogP contribution in [-0.2, 0) is 14.3 Å². The van der Waals surface area contributed by atoms with Gasteiger partial charge in [-0.05, 0) is 42.7 Å². The first-order valence-corrected chi connectivity index (χ1v) is 11.0. The Labute approximate surface area is 183 Å². The van der Waals surface area contributed by atoms with E-state index < -0.39 is 11.6 Å². The highest BCUT2D eigenvalue weighted by Gasteiger charge is 2.56. The Morgan fingerprint density at radius 3 is 2.61 bits per heavy atom. The highest BCUT2D eigenvalue weighted by Crippen LogP contribution is 2.46. The molecule has 1 aromatic rings. The van der Waals surface area contributed by atoms with Gasteiger partial charge in [0.05, 0.1) is 24.6 Å². The van der Waals surface area contributed by atoms with Gasteiger partial charge in [0.1, 0.15) is 12.1 Å². The molecule has 8 nitrogen and oxygen atoms in total. The summed E-state index contributed by atoms with van der Waals surface area (Å²) in [6.07, 6.45) is 2.21. The summed E-state index contributed by atoms with van der Waals surface area (Å²) >= 11 is 0. The summed E-state index contributed by atoms with van der Waals surface area (Å²) < 4.78 is 5.41. The van der Waals surface area contributed by atoms with Crippen molar-refractivity contribution in [1.82, 2.24) is 10.2 Å². The fraction of sp³-hybridized carbons (Fsp3) is 0.609. The minimum Gasteiger partial charge on any atom is -0.378 e. The number of urea groups is 1. The van der Waals surface area contributed by atoms with Crippen molar-refractivity contribution < 1.29 is 19.1 Å².